The maximum atomic E-state index is 12.9. The molecule has 0 unspecified atom stereocenters. The van der Waals surface area contributed by atoms with Crippen LogP contribution in [-0.2, 0) is 4.79 Å². The molecule has 1 aromatic heterocycles. The molecule has 3 heterocycles. The van der Waals surface area contributed by atoms with Crippen LogP contribution in [0.1, 0.15) is 29.4 Å². The number of piperidine rings is 1. The predicted octanol–water partition coefficient (Wildman–Crippen LogP) is 2.86. The Morgan fingerprint density at radius 3 is 2.92 bits per heavy atom. The summed E-state index contributed by atoms with van der Waals surface area (Å²) in [7, 11) is 0. The van der Waals surface area contributed by atoms with Crippen molar-refractivity contribution in [3.63, 3.8) is 0 Å². The summed E-state index contributed by atoms with van der Waals surface area (Å²) in [5.74, 6) is -0.162. The largest absolute Gasteiger partial charge is 0.481 e. The molecule has 0 saturated carbocycles. The van der Waals surface area contributed by atoms with Crippen LogP contribution in [0.4, 0.5) is 0 Å². The van der Waals surface area contributed by atoms with Crippen LogP contribution < -0.4 is 9.47 Å². The van der Waals surface area contributed by atoms with E-state index in [0.717, 1.165) is 5.56 Å². The van der Waals surface area contributed by atoms with E-state index >= 15 is 0 Å². The highest BCUT2D eigenvalue weighted by molar-refractivity contribution is 7.16. The highest BCUT2D eigenvalue weighted by Crippen LogP contribution is 2.37. The number of carbonyl (C=O) groups is 2. The van der Waals surface area contributed by atoms with Crippen molar-refractivity contribution in [2.24, 2.45) is 5.92 Å². The zero-order chi connectivity index (χ0) is 18.3. The van der Waals surface area contributed by atoms with Crippen molar-refractivity contribution in [1.29, 1.82) is 0 Å². The highest BCUT2D eigenvalue weighted by atomic mass is 32.1. The van der Waals surface area contributed by atoms with Gasteiger partial charge < -0.3 is 19.5 Å². The zero-order valence-corrected chi connectivity index (χ0v) is 15.0. The Balaban J connectivity index is 1.56. The van der Waals surface area contributed by atoms with Crippen molar-refractivity contribution >= 4 is 23.2 Å². The number of aromatic nitrogens is 1. The number of hydrogen-bond donors (Lipinski definition) is 1. The molecule has 7 nitrogen and oxygen atoms in total. The number of amides is 1. The Morgan fingerprint density at radius 2 is 2.12 bits per heavy atom. The minimum atomic E-state index is -0.847. The monoisotopic (exact) mass is 374 g/mol. The molecule has 8 heteroatoms. The molecule has 2 aliphatic heterocycles. The van der Waals surface area contributed by atoms with Gasteiger partial charge in [-0.3, -0.25) is 9.59 Å². The van der Waals surface area contributed by atoms with Crippen molar-refractivity contribution in [3.05, 3.63) is 29.3 Å². The molecule has 2 aliphatic rings. The molecule has 0 bridgehead atoms. The van der Waals surface area contributed by atoms with Crippen LogP contribution in [0.15, 0.2) is 24.4 Å². The van der Waals surface area contributed by atoms with E-state index in [9.17, 15) is 14.7 Å². The van der Waals surface area contributed by atoms with Gasteiger partial charge in [0.15, 0.2) is 11.5 Å². The molecular formula is C18H18N2O5S. The molecule has 2 aromatic rings. The van der Waals surface area contributed by atoms with Gasteiger partial charge in [0.05, 0.1) is 12.1 Å². The SMILES string of the molecule is C[C@@H]1[C@H](C(=O)O)CCCN1C(=O)c1cnc(-c2ccc3c(c2)OCO3)s1. The van der Waals surface area contributed by atoms with Crippen LogP contribution in [0.5, 0.6) is 11.5 Å². The van der Waals surface area contributed by atoms with Crippen LogP contribution >= 0.6 is 11.3 Å². The first kappa shape index (κ1) is 16.8. The number of rotatable bonds is 3. The molecule has 136 valence electrons. The van der Waals surface area contributed by atoms with Gasteiger partial charge in [0, 0.05) is 18.2 Å². The lowest BCUT2D eigenvalue weighted by Crippen LogP contribution is -2.48. The molecule has 1 N–H and O–H groups in total. The van der Waals surface area contributed by atoms with Crippen LogP contribution in [0, 0.1) is 5.92 Å². The number of ether oxygens (including phenoxy) is 2. The Morgan fingerprint density at radius 1 is 1.31 bits per heavy atom. The number of thiazole rings is 1. The number of carbonyl (C=O) groups excluding carboxylic acids is 1. The molecule has 0 spiro atoms. The molecule has 26 heavy (non-hydrogen) atoms. The number of benzene rings is 1. The first-order chi connectivity index (χ1) is 12.5. The zero-order valence-electron chi connectivity index (χ0n) is 14.2. The topological polar surface area (TPSA) is 89.0 Å². The summed E-state index contributed by atoms with van der Waals surface area (Å²) in [6, 6.07) is 5.22. The number of aliphatic carboxylic acids is 1. The van der Waals surface area contributed by atoms with Gasteiger partial charge in [-0.25, -0.2) is 4.98 Å². The van der Waals surface area contributed by atoms with Crippen molar-refractivity contribution in [2.45, 2.75) is 25.8 Å². The normalized spacial score (nSPS) is 21.7. The third-order valence-electron chi connectivity index (χ3n) is 4.90. The predicted molar refractivity (Wildman–Crippen MR) is 94.5 cm³/mol. The smallest absolute Gasteiger partial charge is 0.308 e. The number of carboxylic acid groups (broad SMARTS) is 1. The lowest BCUT2D eigenvalue weighted by atomic mass is 9.90. The maximum Gasteiger partial charge on any atom is 0.308 e. The van der Waals surface area contributed by atoms with E-state index in [2.05, 4.69) is 4.98 Å². The summed E-state index contributed by atoms with van der Waals surface area (Å²) >= 11 is 1.30. The van der Waals surface area contributed by atoms with Crippen molar-refractivity contribution < 1.29 is 24.2 Å². The molecule has 4 rings (SSSR count). The van der Waals surface area contributed by atoms with E-state index in [4.69, 9.17) is 9.47 Å². The summed E-state index contributed by atoms with van der Waals surface area (Å²) in [6.45, 7) is 2.58. The van der Waals surface area contributed by atoms with Gasteiger partial charge in [-0.2, -0.15) is 0 Å². The first-order valence-corrected chi connectivity index (χ1v) is 9.26. The fourth-order valence-electron chi connectivity index (χ4n) is 3.44. The van der Waals surface area contributed by atoms with Gasteiger partial charge in [0.2, 0.25) is 6.79 Å². The molecule has 1 aromatic carbocycles. The molecule has 0 aliphatic carbocycles. The van der Waals surface area contributed by atoms with Crippen molar-refractivity contribution in [2.75, 3.05) is 13.3 Å². The molecule has 1 saturated heterocycles. The summed E-state index contributed by atoms with van der Waals surface area (Å²) < 4.78 is 10.7. The average molecular weight is 374 g/mol. The maximum absolute atomic E-state index is 12.9. The minimum Gasteiger partial charge on any atom is -0.481 e. The Bertz CT molecular complexity index is 865. The Hall–Kier alpha value is -2.61. The second kappa shape index (κ2) is 6.60. The van der Waals surface area contributed by atoms with Gasteiger partial charge in [-0.05, 0) is 38.0 Å². The summed E-state index contributed by atoms with van der Waals surface area (Å²) in [4.78, 5) is 30.8. The second-order valence-corrected chi connectivity index (χ2v) is 7.45. The Kier molecular flexibility index (Phi) is 4.28. The van der Waals surface area contributed by atoms with Crippen LogP contribution in [0.3, 0.4) is 0 Å². The molecule has 1 fully saturated rings. The lowest BCUT2D eigenvalue weighted by molar-refractivity contribution is -0.144. The molecule has 0 radical (unpaired) electrons. The van der Waals surface area contributed by atoms with Crippen LogP contribution in [0.25, 0.3) is 10.6 Å². The summed E-state index contributed by atoms with van der Waals surface area (Å²) in [5, 5.41) is 10.1. The van der Waals surface area contributed by atoms with Crippen LogP contribution in [0.2, 0.25) is 0 Å². The molecular weight excluding hydrogens is 356 g/mol. The number of fused-ring (bicyclic) bond motifs is 1. The van der Waals surface area contributed by atoms with E-state index in [0.29, 0.717) is 40.8 Å². The molecule has 2 atom stereocenters. The quantitative estimate of drug-likeness (QED) is 0.889. The number of carboxylic acids is 1. The van der Waals surface area contributed by atoms with Gasteiger partial charge in [-0.15, -0.1) is 11.3 Å². The standard InChI is InChI=1S/C18H18N2O5S/c1-10-12(18(22)23)3-2-6-20(10)17(21)15-8-19-16(26-15)11-4-5-13-14(7-11)25-9-24-13/h4-5,7-8,10,12H,2-3,6,9H2,1H3,(H,22,23)/t10-,12-/m1/s1. The number of likely N-dealkylation sites (tertiary alicyclic amines) is 1. The van der Waals surface area contributed by atoms with E-state index in [-0.39, 0.29) is 18.7 Å². The van der Waals surface area contributed by atoms with Gasteiger partial charge >= 0.3 is 5.97 Å². The third kappa shape index (κ3) is 2.90. The fraction of sp³-hybridized carbons (Fsp3) is 0.389. The first-order valence-electron chi connectivity index (χ1n) is 8.44. The highest BCUT2D eigenvalue weighted by Gasteiger charge is 2.36. The minimum absolute atomic E-state index is 0.159. The number of hydrogen-bond acceptors (Lipinski definition) is 6. The Labute approximate surface area is 154 Å². The van der Waals surface area contributed by atoms with Gasteiger partial charge in [0.25, 0.3) is 5.91 Å². The van der Waals surface area contributed by atoms with E-state index in [1.54, 1.807) is 18.0 Å². The van der Waals surface area contributed by atoms with E-state index in [1.165, 1.54) is 11.3 Å². The summed E-state index contributed by atoms with van der Waals surface area (Å²) in [5.41, 5.74) is 0.855. The fourth-order valence-corrected chi connectivity index (χ4v) is 4.31. The van der Waals surface area contributed by atoms with E-state index < -0.39 is 11.9 Å². The number of nitrogens with zero attached hydrogens (tertiary/aromatic N) is 2. The summed E-state index contributed by atoms with van der Waals surface area (Å²) in [6.07, 6.45) is 2.86. The lowest BCUT2D eigenvalue weighted by Gasteiger charge is -2.37. The van der Waals surface area contributed by atoms with Crippen molar-refractivity contribution in [1.82, 2.24) is 9.88 Å². The van der Waals surface area contributed by atoms with Gasteiger partial charge in [0.1, 0.15) is 9.88 Å². The second-order valence-electron chi connectivity index (χ2n) is 6.42. The third-order valence-corrected chi connectivity index (χ3v) is 5.94. The van der Waals surface area contributed by atoms with E-state index in [1.807, 2.05) is 18.2 Å². The van der Waals surface area contributed by atoms with Crippen LogP contribution in [-0.4, -0.2) is 46.2 Å². The van der Waals surface area contributed by atoms with Gasteiger partial charge in [-0.1, -0.05) is 0 Å². The average Bonchev–Trinajstić information content (AvgIpc) is 3.29. The van der Waals surface area contributed by atoms with Crippen molar-refractivity contribution in [3.8, 4) is 22.1 Å². The molecule has 1 amide bonds.